The Morgan fingerprint density at radius 3 is 2.68 bits per heavy atom. The van der Waals surface area contributed by atoms with E-state index in [-0.39, 0.29) is 5.69 Å². The summed E-state index contributed by atoms with van der Waals surface area (Å²) in [5.41, 5.74) is 2.23. The molecule has 0 atom stereocenters. The topological polar surface area (TPSA) is 85.2 Å². The number of methoxy groups -OCH3 is 1. The van der Waals surface area contributed by atoms with E-state index in [2.05, 4.69) is 4.98 Å². The van der Waals surface area contributed by atoms with Crippen LogP contribution in [0.15, 0.2) is 42.5 Å². The molecular weight excluding hydrogens is 284 g/mol. The van der Waals surface area contributed by atoms with Crippen LogP contribution in [0.5, 0.6) is 5.75 Å². The Hall–Kier alpha value is -3.15. The molecule has 0 unspecified atom stereocenters. The number of nitro groups is 1. The summed E-state index contributed by atoms with van der Waals surface area (Å²) in [5, 5.41) is 11.6. The van der Waals surface area contributed by atoms with Gasteiger partial charge < -0.3 is 9.72 Å². The van der Waals surface area contributed by atoms with Crippen molar-refractivity contribution in [1.82, 2.24) is 4.98 Å². The van der Waals surface area contributed by atoms with Gasteiger partial charge in [0.05, 0.1) is 23.2 Å². The average Bonchev–Trinajstić information content (AvgIpc) is 2.93. The smallest absolute Gasteiger partial charge is 0.270 e. The summed E-state index contributed by atoms with van der Waals surface area (Å²) in [6.45, 7) is 0. The van der Waals surface area contributed by atoms with E-state index in [1.54, 1.807) is 37.4 Å². The van der Waals surface area contributed by atoms with E-state index in [0.29, 0.717) is 28.1 Å². The first-order valence-corrected chi connectivity index (χ1v) is 6.54. The first-order chi connectivity index (χ1) is 10.7. The molecule has 0 bridgehead atoms. The number of rotatable bonds is 4. The monoisotopic (exact) mass is 296 g/mol. The van der Waals surface area contributed by atoms with Crippen molar-refractivity contribution in [3.63, 3.8) is 0 Å². The van der Waals surface area contributed by atoms with Gasteiger partial charge in [0, 0.05) is 28.6 Å². The van der Waals surface area contributed by atoms with Gasteiger partial charge in [0.1, 0.15) is 5.75 Å². The minimum absolute atomic E-state index is 0.0278. The zero-order chi connectivity index (χ0) is 15.7. The van der Waals surface area contributed by atoms with Crippen molar-refractivity contribution in [3.05, 3.63) is 58.1 Å². The Kier molecular flexibility index (Phi) is 3.34. The third kappa shape index (κ3) is 2.10. The van der Waals surface area contributed by atoms with Crippen LogP contribution in [-0.2, 0) is 0 Å². The van der Waals surface area contributed by atoms with Gasteiger partial charge in [-0.2, -0.15) is 0 Å². The lowest BCUT2D eigenvalue weighted by molar-refractivity contribution is -0.384. The summed E-state index contributed by atoms with van der Waals surface area (Å²) in [6, 6.07) is 11.5. The molecule has 0 aliphatic rings. The van der Waals surface area contributed by atoms with Gasteiger partial charge >= 0.3 is 0 Å². The second kappa shape index (κ2) is 5.33. The summed E-state index contributed by atoms with van der Waals surface area (Å²) in [5.74, 6) is 0.609. The molecule has 6 heteroatoms. The first kappa shape index (κ1) is 13.8. The number of aldehydes is 1. The molecule has 0 aliphatic carbocycles. The van der Waals surface area contributed by atoms with Crippen molar-refractivity contribution >= 4 is 22.9 Å². The van der Waals surface area contributed by atoms with Crippen LogP contribution in [-0.4, -0.2) is 23.3 Å². The van der Waals surface area contributed by atoms with Gasteiger partial charge in [-0.3, -0.25) is 14.9 Å². The largest absolute Gasteiger partial charge is 0.495 e. The third-order valence-corrected chi connectivity index (χ3v) is 3.52. The highest BCUT2D eigenvalue weighted by molar-refractivity contribution is 6.06. The van der Waals surface area contributed by atoms with Crippen molar-refractivity contribution in [1.29, 1.82) is 0 Å². The molecule has 2 aromatic carbocycles. The number of hydrogen-bond donors (Lipinski definition) is 1. The minimum Gasteiger partial charge on any atom is -0.495 e. The van der Waals surface area contributed by atoms with Crippen LogP contribution in [0.1, 0.15) is 10.4 Å². The molecule has 0 saturated heterocycles. The first-order valence-electron chi connectivity index (χ1n) is 6.54. The molecule has 0 amide bonds. The Labute approximate surface area is 125 Å². The van der Waals surface area contributed by atoms with Crippen LogP contribution in [0.25, 0.3) is 22.2 Å². The molecule has 0 radical (unpaired) electrons. The number of aromatic nitrogens is 1. The van der Waals surface area contributed by atoms with Crippen molar-refractivity contribution in [2.75, 3.05) is 7.11 Å². The number of nitrogens with one attached hydrogen (secondary N) is 1. The number of para-hydroxylation sites is 1. The quantitative estimate of drug-likeness (QED) is 0.453. The lowest BCUT2D eigenvalue weighted by Crippen LogP contribution is -1.89. The Morgan fingerprint density at radius 1 is 1.23 bits per heavy atom. The number of fused-ring (bicyclic) bond motifs is 1. The summed E-state index contributed by atoms with van der Waals surface area (Å²) < 4.78 is 5.28. The molecule has 3 rings (SSSR count). The average molecular weight is 296 g/mol. The maximum absolute atomic E-state index is 11.5. The maximum Gasteiger partial charge on any atom is 0.270 e. The summed E-state index contributed by atoms with van der Waals surface area (Å²) >= 11 is 0. The van der Waals surface area contributed by atoms with Gasteiger partial charge in [-0.15, -0.1) is 0 Å². The normalized spacial score (nSPS) is 10.6. The predicted molar refractivity (Wildman–Crippen MR) is 82.3 cm³/mol. The van der Waals surface area contributed by atoms with Gasteiger partial charge in [0.2, 0.25) is 0 Å². The van der Waals surface area contributed by atoms with E-state index in [1.165, 1.54) is 12.1 Å². The van der Waals surface area contributed by atoms with Crippen LogP contribution in [0.2, 0.25) is 0 Å². The van der Waals surface area contributed by atoms with E-state index in [0.717, 1.165) is 11.7 Å². The highest BCUT2D eigenvalue weighted by Gasteiger charge is 2.17. The van der Waals surface area contributed by atoms with E-state index >= 15 is 0 Å². The molecule has 1 heterocycles. The fourth-order valence-electron chi connectivity index (χ4n) is 2.51. The van der Waals surface area contributed by atoms with E-state index < -0.39 is 4.92 Å². The summed E-state index contributed by atoms with van der Waals surface area (Å²) in [7, 11) is 1.54. The van der Waals surface area contributed by atoms with E-state index in [9.17, 15) is 14.9 Å². The number of aromatic amines is 1. The lowest BCUT2D eigenvalue weighted by Gasteiger charge is -2.00. The Bertz CT molecular complexity index is 883. The predicted octanol–water partition coefficient (Wildman–Crippen LogP) is 3.56. The third-order valence-electron chi connectivity index (χ3n) is 3.52. The minimum atomic E-state index is -0.465. The Balaban J connectivity index is 2.29. The van der Waals surface area contributed by atoms with E-state index in [1.807, 2.05) is 0 Å². The summed E-state index contributed by atoms with van der Waals surface area (Å²) in [6.07, 6.45) is 0.742. The molecule has 0 fully saturated rings. The number of non-ortho nitro benzene ring substituents is 1. The fraction of sp³-hybridized carbons (Fsp3) is 0.0625. The number of hydrogen-bond acceptors (Lipinski definition) is 4. The number of carbonyl (C=O) groups is 1. The maximum atomic E-state index is 11.5. The van der Waals surface area contributed by atoms with E-state index in [4.69, 9.17) is 4.74 Å². The van der Waals surface area contributed by atoms with Gasteiger partial charge in [0.25, 0.3) is 5.69 Å². The number of H-pyrrole nitrogens is 1. The van der Waals surface area contributed by atoms with Gasteiger partial charge in [-0.25, -0.2) is 0 Å². The van der Waals surface area contributed by atoms with Crippen LogP contribution < -0.4 is 4.74 Å². The van der Waals surface area contributed by atoms with Crippen LogP contribution >= 0.6 is 0 Å². The van der Waals surface area contributed by atoms with Gasteiger partial charge in [-0.05, 0) is 6.07 Å². The van der Waals surface area contributed by atoms with Crippen LogP contribution in [0.4, 0.5) is 5.69 Å². The highest BCUT2D eigenvalue weighted by atomic mass is 16.6. The van der Waals surface area contributed by atoms with Crippen LogP contribution in [0.3, 0.4) is 0 Å². The lowest BCUT2D eigenvalue weighted by atomic mass is 10.1. The molecule has 1 N–H and O–H groups in total. The molecule has 110 valence electrons. The van der Waals surface area contributed by atoms with Gasteiger partial charge in [-0.1, -0.05) is 24.3 Å². The van der Waals surface area contributed by atoms with Crippen LogP contribution in [0, 0.1) is 10.1 Å². The van der Waals surface area contributed by atoms with Crippen molar-refractivity contribution < 1.29 is 14.5 Å². The Morgan fingerprint density at radius 2 is 2.00 bits per heavy atom. The molecular formula is C16H12N2O4. The number of nitrogens with zero attached hydrogens (tertiary/aromatic N) is 1. The number of ether oxygens (including phenoxy) is 1. The molecule has 1 aromatic heterocycles. The second-order valence-electron chi connectivity index (χ2n) is 4.72. The number of benzene rings is 2. The zero-order valence-corrected chi connectivity index (χ0v) is 11.7. The number of carbonyl (C=O) groups excluding carboxylic acids is 1. The SMILES string of the molecule is COc1cccc2c(C=O)c(-c3cccc([N+](=O)[O-])c3)[nH]c12. The van der Waals surface area contributed by atoms with Crippen molar-refractivity contribution in [3.8, 4) is 17.0 Å². The van der Waals surface area contributed by atoms with Crippen molar-refractivity contribution in [2.45, 2.75) is 0 Å². The van der Waals surface area contributed by atoms with Crippen molar-refractivity contribution in [2.24, 2.45) is 0 Å². The number of nitro benzene ring substituents is 1. The molecule has 22 heavy (non-hydrogen) atoms. The molecule has 0 saturated carbocycles. The summed E-state index contributed by atoms with van der Waals surface area (Å²) in [4.78, 5) is 25.1. The standard InChI is InChI=1S/C16H12N2O4/c1-22-14-7-3-6-12-13(9-19)15(17-16(12)14)10-4-2-5-11(8-10)18(20)21/h2-9,17H,1H3. The molecule has 0 aliphatic heterocycles. The van der Waals surface area contributed by atoms with Gasteiger partial charge in [0.15, 0.2) is 6.29 Å². The second-order valence-corrected chi connectivity index (χ2v) is 4.72. The zero-order valence-electron chi connectivity index (χ0n) is 11.7. The fourth-order valence-corrected chi connectivity index (χ4v) is 2.51. The molecule has 0 spiro atoms. The highest BCUT2D eigenvalue weighted by Crippen LogP contribution is 2.34. The molecule has 3 aromatic rings. The molecule has 6 nitrogen and oxygen atoms in total.